The molecule has 2 N–H and O–H groups in total. The number of pyridine rings is 1. The van der Waals surface area contributed by atoms with E-state index < -0.39 is 0 Å². The molecule has 1 aromatic heterocycles. The highest BCUT2D eigenvalue weighted by Crippen LogP contribution is 2.21. The number of aryl methyl sites for hydroxylation is 1. The van der Waals surface area contributed by atoms with Crippen molar-refractivity contribution in [3.63, 3.8) is 0 Å². The summed E-state index contributed by atoms with van der Waals surface area (Å²) >= 11 is 0. The zero-order valence-electron chi connectivity index (χ0n) is 11.1. The van der Waals surface area contributed by atoms with Crippen molar-refractivity contribution in [1.29, 1.82) is 0 Å². The molecule has 2 aromatic rings. The van der Waals surface area contributed by atoms with E-state index in [9.17, 15) is 4.39 Å². The Morgan fingerprint density at radius 1 is 1.37 bits per heavy atom. The molecule has 0 bridgehead atoms. The summed E-state index contributed by atoms with van der Waals surface area (Å²) in [5.74, 6) is 0.136. The number of nitrogens with two attached hydrogens (primary N) is 1. The molecule has 0 aliphatic carbocycles. The fraction of sp³-hybridized carbons (Fsp3) is 0.267. The van der Waals surface area contributed by atoms with Crippen molar-refractivity contribution in [2.75, 3.05) is 0 Å². The Morgan fingerprint density at radius 2 is 2.16 bits per heavy atom. The summed E-state index contributed by atoms with van der Waals surface area (Å²) in [5, 5.41) is 0. The molecule has 1 aromatic carbocycles. The lowest BCUT2D eigenvalue weighted by atomic mass is 10.1. The Kier molecular flexibility index (Phi) is 4.12. The molecule has 0 unspecified atom stereocenters. The maximum atomic E-state index is 13.7. The van der Waals surface area contributed by atoms with Gasteiger partial charge < -0.3 is 10.5 Å². The molecule has 1 heterocycles. The van der Waals surface area contributed by atoms with Crippen molar-refractivity contribution in [3.05, 3.63) is 59.2 Å². The number of hydrogen-bond acceptors (Lipinski definition) is 3. The Labute approximate surface area is 112 Å². The molecule has 2 rings (SSSR count). The third-order valence-electron chi connectivity index (χ3n) is 2.96. The molecular weight excluding hydrogens is 243 g/mol. The first kappa shape index (κ1) is 13.5. The van der Waals surface area contributed by atoms with E-state index in [2.05, 4.69) is 4.98 Å². The minimum atomic E-state index is -0.342. The molecule has 1 atom stereocenters. The number of hydrogen-bond donors (Lipinski definition) is 1. The minimum Gasteiger partial charge on any atom is -0.487 e. The molecule has 0 aliphatic heterocycles. The van der Waals surface area contributed by atoms with Gasteiger partial charge in [-0.3, -0.25) is 4.98 Å². The minimum absolute atomic E-state index is 0.323. The van der Waals surface area contributed by atoms with Gasteiger partial charge in [-0.1, -0.05) is 12.1 Å². The predicted molar refractivity (Wildman–Crippen MR) is 72.3 cm³/mol. The standard InChI is InChI=1S/C15H17FN2O/c1-10-4-3-7-18-15(10)9-19-12-5-6-13(11(2)17)14(16)8-12/h3-8,11H,9,17H2,1-2H3/t11-/m0/s1. The van der Waals surface area contributed by atoms with Gasteiger partial charge in [0.2, 0.25) is 0 Å². The van der Waals surface area contributed by atoms with Crippen LogP contribution in [0.1, 0.15) is 29.8 Å². The summed E-state index contributed by atoms with van der Waals surface area (Å²) in [6.07, 6.45) is 1.71. The Balaban J connectivity index is 2.08. The van der Waals surface area contributed by atoms with Gasteiger partial charge in [-0.05, 0) is 31.5 Å². The number of benzene rings is 1. The molecule has 0 saturated heterocycles. The van der Waals surface area contributed by atoms with Gasteiger partial charge in [-0.15, -0.1) is 0 Å². The van der Waals surface area contributed by atoms with E-state index >= 15 is 0 Å². The average Bonchev–Trinajstić information content (AvgIpc) is 2.37. The summed E-state index contributed by atoms with van der Waals surface area (Å²) in [7, 11) is 0. The highest BCUT2D eigenvalue weighted by atomic mass is 19.1. The fourth-order valence-corrected chi connectivity index (χ4v) is 1.79. The van der Waals surface area contributed by atoms with E-state index in [-0.39, 0.29) is 11.9 Å². The summed E-state index contributed by atoms with van der Waals surface area (Å²) in [6, 6.07) is 8.24. The third-order valence-corrected chi connectivity index (χ3v) is 2.96. The fourth-order valence-electron chi connectivity index (χ4n) is 1.79. The Bertz CT molecular complexity index is 570. The summed E-state index contributed by atoms with van der Waals surface area (Å²) in [6.45, 7) is 4.03. The second-order valence-corrected chi connectivity index (χ2v) is 4.53. The lowest BCUT2D eigenvalue weighted by Crippen LogP contribution is -2.07. The van der Waals surface area contributed by atoms with Crippen LogP contribution in [0.2, 0.25) is 0 Å². The number of ether oxygens (including phenoxy) is 1. The first-order valence-corrected chi connectivity index (χ1v) is 6.16. The first-order chi connectivity index (χ1) is 9.08. The lowest BCUT2D eigenvalue weighted by molar-refractivity contribution is 0.298. The van der Waals surface area contributed by atoms with Crippen LogP contribution in [0.4, 0.5) is 4.39 Å². The van der Waals surface area contributed by atoms with Crippen LogP contribution in [0.15, 0.2) is 36.5 Å². The van der Waals surface area contributed by atoms with Crippen molar-refractivity contribution >= 4 is 0 Å². The van der Waals surface area contributed by atoms with Crippen LogP contribution in [-0.2, 0) is 6.61 Å². The van der Waals surface area contributed by atoms with Crippen LogP contribution < -0.4 is 10.5 Å². The van der Waals surface area contributed by atoms with E-state index in [0.717, 1.165) is 11.3 Å². The third kappa shape index (κ3) is 3.29. The first-order valence-electron chi connectivity index (χ1n) is 6.16. The molecule has 19 heavy (non-hydrogen) atoms. The Morgan fingerprint density at radius 3 is 2.79 bits per heavy atom. The van der Waals surface area contributed by atoms with Gasteiger partial charge in [-0.25, -0.2) is 4.39 Å². The molecule has 0 amide bonds. The van der Waals surface area contributed by atoms with Crippen molar-refractivity contribution in [3.8, 4) is 5.75 Å². The van der Waals surface area contributed by atoms with Crippen LogP contribution >= 0.6 is 0 Å². The van der Waals surface area contributed by atoms with Crippen LogP contribution in [0.3, 0.4) is 0 Å². The highest BCUT2D eigenvalue weighted by Gasteiger charge is 2.08. The highest BCUT2D eigenvalue weighted by molar-refractivity contribution is 5.30. The molecule has 0 radical (unpaired) electrons. The van der Waals surface area contributed by atoms with Crippen molar-refractivity contribution in [1.82, 2.24) is 4.98 Å². The largest absolute Gasteiger partial charge is 0.487 e. The molecule has 0 fully saturated rings. The van der Waals surface area contributed by atoms with Gasteiger partial charge in [0.15, 0.2) is 0 Å². The Hall–Kier alpha value is -1.94. The number of rotatable bonds is 4. The van der Waals surface area contributed by atoms with Gasteiger partial charge in [0.25, 0.3) is 0 Å². The molecule has 0 spiro atoms. The molecule has 4 heteroatoms. The quantitative estimate of drug-likeness (QED) is 0.918. The summed E-state index contributed by atoms with van der Waals surface area (Å²) in [5.41, 5.74) is 8.04. The molecule has 0 saturated carbocycles. The normalized spacial score (nSPS) is 12.2. The van der Waals surface area contributed by atoms with Gasteiger partial charge in [0.05, 0.1) is 5.69 Å². The van der Waals surface area contributed by atoms with Crippen molar-refractivity contribution in [2.45, 2.75) is 26.5 Å². The SMILES string of the molecule is Cc1cccnc1COc1ccc([C@H](C)N)c(F)c1. The predicted octanol–water partition coefficient (Wildman–Crippen LogP) is 3.13. The van der Waals surface area contributed by atoms with Gasteiger partial charge >= 0.3 is 0 Å². The molecular formula is C15H17FN2O. The average molecular weight is 260 g/mol. The van der Waals surface area contributed by atoms with Crippen molar-refractivity contribution < 1.29 is 9.13 Å². The van der Waals surface area contributed by atoms with E-state index in [0.29, 0.717) is 17.9 Å². The van der Waals surface area contributed by atoms with Crippen LogP contribution in [-0.4, -0.2) is 4.98 Å². The van der Waals surface area contributed by atoms with Gasteiger partial charge in [-0.2, -0.15) is 0 Å². The zero-order valence-corrected chi connectivity index (χ0v) is 11.1. The summed E-state index contributed by atoms with van der Waals surface area (Å²) < 4.78 is 19.3. The lowest BCUT2D eigenvalue weighted by Gasteiger charge is -2.11. The maximum absolute atomic E-state index is 13.7. The number of halogens is 1. The molecule has 100 valence electrons. The van der Waals surface area contributed by atoms with Crippen LogP contribution in [0.25, 0.3) is 0 Å². The topological polar surface area (TPSA) is 48.1 Å². The maximum Gasteiger partial charge on any atom is 0.131 e. The van der Waals surface area contributed by atoms with E-state index in [1.807, 2.05) is 19.1 Å². The number of aromatic nitrogens is 1. The van der Waals surface area contributed by atoms with E-state index in [1.54, 1.807) is 25.3 Å². The van der Waals surface area contributed by atoms with E-state index in [1.165, 1.54) is 6.07 Å². The monoisotopic (exact) mass is 260 g/mol. The summed E-state index contributed by atoms with van der Waals surface area (Å²) in [4.78, 5) is 4.22. The molecule has 3 nitrogen and oxygen atoms in total. The smallest absolute Gasteiger partial charge is 0.131 e. The van der Waals surface area contributed by atoms with Gasteiger partial charge in [0.1, 0.15) is 18.2 Å². The van der Waals surface area contributed by atoms with Crippen LogP contribution in [0, 0.1) is 12.7 Å². The van der Waals surface area contributed by atoms with Crippen molar-refractivity contribution in [2.24, 2.45) is 5.73 Å². The van der Waals surface area contributed by atoms with Crippen LogP contribution in [0.5, 0.6) is 5.75 Å². The second kappa shape index (κ2) is 5.80. The molecule has 0 aliphatic rings. The van der Waals surface area contributed by atoms with Gasteiger partial charge in [0, 0.05) is 23.9 Å². The zero-order chi connectivity index (χ0) is 13.8. The van der Waals surface area contributed by atoms with E-state index in [4.69, 9.17) is 10.5 Å². The number of nitrogens with zero attached hydrogens (tertiary/aromatic N) is 1. The second-order valence-electron chi connectivity index (χ2n) is 4.53.